The lowest BCUT2D eigenvalue weighted by molar-refractivity contribution is 0.475. The number of anilines is 1. The third kappa shape index (κ3) is 1.99. The predicted molar refractivity (Wildman–Crippen MR) is 55.2 cm³/mol. The summed E-state index contributed by atoms with van der Waals surface area (Å²) in [5.74, 6) is 0.335. The molecule has 0 aromatic heterocycles. The molecule has 0 amide bonds. The van der Waals surface area contributed by atoms with E-state index in [2.05, 4.69) is 22.6 Å². The highest BCUT2D eigenvalue weighted by molar-refractivity contribution is 14.1. The van der Waals surface area contributed by atoms with E-state index in [1.54, 1.807) is 6.07 Å². The largest absolute Gasteiger partial charge is 0.506 e. The van der Waals surface area contributed by atoms with E-state index in [9.17, 15) is 5.11 Å². The van der Waals surface area contributed by atoms with E-state index in [0.29, 0.717) is 5.75 Å². The Morgan fingerprint density at radius 3 is 2.45 bits per heavy atom. The fraction of sp³-hybridized carbons (Fsp3) is 0.250. The Labute approximate surface area is 80.0 Å². The predicted octanol–water partition coefficient (Wildman–Crippen LogP) is 2.06. The van der Waals surface area contributed by atoms with Crippen LogP contribution >= 0.6 is 22.6 Å². The van der Waals surface area contributed by atoms with Gasteiger partial charge in [-0.2, -0.15) is 0 Å². The van der Waals surface area contributed by atoms with Gasteiger partial charge in [-0.15, -0.1) is 0 Å². The van der Waals surface area contributed by atoms with Crippen LogP contribution in [0.15, 0.2) is 18.2 Å². The summed E-state index contributed by atoms with van der Waals surface area (Å²) in [6.07, 6.45) is 0. The van der Waals surface area contributed by atoms with Gasteiger partial charge in [-0.3, -0.25) is 0 Å². The smallest absolute Gasteiger partial charge is 0.139 e. The SMILES string of the molecule is CN(C)c1ccc(I)cc1O. The van der Waals surface area contributed by atoms with Gasteiger partial charge in [-0.05, 0) is 40.8 Å². The van der Waals surface area contributed by atoms with Crippen LogP contribution in [0.1, 0.15) is 0 Å². The molecule has 0 bridgehead atoms. The summed E-state index contributed by atoms with van der Waals surface area (Å²) in [5.41, 5.74) is 0.852. The number of rotatable bonds is 1. The lowest BCUT2D eigenvalue weighted by atomic mass is 10.3. The molecule has 0 unspecified atom stereocenters. The molecule has 0 aliphatic rings. The third-order valence-electron chi connectivity index (χ3n) is 1.42. The zero-order chi connectivity index (χ0) is 8.43. The maximum Gasteiger partial charge on any atom is 0.139 e. The Hall–Kier alpha value is -0.450. The van der Waals surface area contributed by atoms with Gasteiger partial charge >= 0.3 is 0 Å². The minimum atomic E-state index is 0.335. The van der Waals surface area contributed by atoms with Crippen molar-refractivity contribution in [2.75, 3.05) is 19.0 Å². The van der Waals surface area contributed by atoms with Crippen molar-refractivity contribution in [1.82, 2.24) is 0 Å². The van der Waals surface area contributed by atoms with Crippen molar-refractivity contribution < 1.29 is 5.11 Å². The third-order valence-corrected chi connectivity index (χ3v) is 2.09. The number of phenolic OH excluding ortho intramolecular Hbond substituents is 1. The lowest BCUT2D eigenvalue weighted by Gasteiger charge is -2.13. The fourth-order valence-corrected chi connectivity index (χ4v) is 1.35. The molecule has 60 valence electrons. The number of halogens is 1. The summed E-state index contributed by atoms with van der Waals surface area (Å²) in [7, 11) is 3.81. The van der Waals surface area contributed by atoms with E-state index in [1.165, 1.54) is 0 Å². The van der Waals surface area contributed by atoms with Crippen LogP contribution in [0.2, 0.25) is 0 Å². The van der Waals surface area contributed by atoms with Gasteiger partial charge in [0.15, 0.2) is 0 Å². The average molecular weight is 263 g/mol. The second-order valence-corrected chi connectivity index (χ2v) is 3.77. The quantitative estimate of drug-likeness (QED) is 0.784. The van der Waals surface area contributed by atoms with Gasteiger partial charge in [0.1, 0.15) is 5.75 Å². The molecule has 0 spiro atoms. The monoisotopic (exact) mass is 263 g/mol. The summed E-state index contributed by atoms with van der Waals surface area (Å²) in [4.78, 5) is 1.88. The molecule has 0 saturated heterocycles. The van der Waals surface area contributed by atoms with E-state index in [-0.39, 0.29) is 0 Å². The molecule has 0 radical (unpaired) electrons. The van der Waals surface area contributed by atoms with Crippen LogP contribution in [0.5, 0.6) is 5.75 Å². The molecule has 0 atom stereocenters. The zero-order valence-electron chi connectivity index (χ0n) is 6.50. The highest BCUT2D eigenvalue weighted by atomic mass is 127. The number of benzene rings is 1. The van der Waals surface area contributed by atoms with Gasteiger partial charge < -0.3 is 10.0 Å². The van der Waals surface area contributed by atoms with Gasteiger partial charge in [-0.1, -0.05) is 0 Å². The lowest BCUT2D eigenvalue weighted by Crippen LogP contribution is -2.08. The molecule has 1 aromatic carbocycles. The second kappa shape index (κ2) is 3.30. The van der Waals surface area contributed by atoms with Crippen LogP contribution < -0.4 is 4.90 Å². The Morgan fingerprint density at radius 1 is 1.36 bits per heavy atom. The number of hydrogen-bond acceptors (Lipinski definition) is 2. The number of aromatic hydroxyl groups is 1. The van der Waals surface area contributed by atoms with Crippen LogP contribution in [0, 0.1) is 3.57 Å². The summed E-state index contributed by atoms with van der Waals surface area (Å²) in [6.45, 7) is 0. The standard InChI is InChI=1S/C8H10INO/c1-10(2)7-4-3-6(9)5-8(7)11/h3-5,11H,1-2H3. The summed E-state index contributed by atoms with van der Waals surface area (Å²) < 4.78 is 1.05. The van der Waals surface area contributed by atoms with Crippen molar-refractivity contribution in [3.63, 3.8) is 0 Å². The summed E-state index contributed by atoms with van der Waals surface area (Å²) in [5, 5.41) is 9.42. The van der Waals surface area contributed by atoms with Gasteiger partial charge in [0.05, 0.1) is 5.69 Å². The van der Waals surface area contributed by atoms with Crippen LogP contribution in [0.25, 0.3) is 0 Å². The molecule has 3 heteroatoms. The van der Waals surface area contributed by atoms with Crippen molar-refractivity contribution in [3.05, 3.63) is 21.8 Å². The minimum absolute atomic E-state index is 0.335. The Bertz CT molecular complexity index is 260. The van der Waals surface area contributed by atoms with Gasteiger partial charge in [0, 0.05) is 17.7 Å². The summed E-state index contributed by atoms with van der Waals surface area (Å²) >= 11 is 2.17. The first-order valence-corrected chi connectivity index (χ1v) is 4.35. The van der Waals surface area contributed by atoms with Crippen molar-refractivity contribution in [3.8, 4) is 5.75 Å². The molecular formula is C8H10INO. The topological polar surface area (TPSA) is 23.5 Å². The summed E-state index contributed by atoms with van der Waals surface area (Å²) in [6, 6.07) is 5.61. The molecule has 2 nitrogen and oxygen atoms in total. The van der Waals surface area contributed by atoms with Gasteiger partial charge in [0.25, 0.3) is 0 Å². The first-order valence-electron chi connectivity index (χ1n) is 3.27. The minimum Gasteiger partial charge on any atom is -0.506 e. The van der Waals surface area contributed by atoms with Crippen LogP contribution in [-0.4, -0.2) is 19.2 Å². The average Bonchev–Trinajstić information content (AvgIpc) is 1.85. The van der Waals surface area contributed by atoms with E-state index in [0.717, 1.165) is 9.26 Å². The van der Waals surface area contributed by atoms with E-state index in [1.807, 2.05) is 31.1 Å². The van der Waals surface area contributed by atoms with E-state index >= 15 is 0 Å². The molecular weight excluding hydrogens is 253 g/mol. The van der Waals surface area contributed by atoms with Crippen LogP contribution in [0.4, 0.5) is 5.69 Å². The Balaban J connectivity index is 3.09. The van der Waals surface area contributed by atoms with E-state index < -0.39 is 0 Å². The molecule has 1 rings (SSSR count). The second-order valence-electron chi connectivity index (χ2n) is 2.53. The Morgan fingerprint density at radius 2 is 2.00 bits per heavy atom. The van der Waals surface area contributed by atoms with Crippen molar-refractivity contribution in [2.24, 2.45) is 0 Å². The first-order chi connectivity index (χ1) is 5.11. The maximum absolute atomic E-state index is 9.42. The van der Waals surface area contributed by atoms with E-state index in [4.69, 9.17) is 0 Å². The molecule has 0 fully saturated rings. The van der Waals surface area contributed by atoms with Crippen molar-refractivity contribution in [1.29, 1.82) is 0 Å². The highest BCUT2D eigenvalue weighted by Gasteiger charge is 2.01. The van der Waals surface area contributed by atoms with Crippen molar-refractivity contribution in [2.45, 2.75) is 0 Å². The highest BCUT2D eigenvalue weighted by Crippen LogP contribution is 2.26. The molecule has 1 aromatic rings. The molecule has 0 aliphatic heterocycles. The normalized spacial score (nSPS) is 9.73. The number of hydrogen-bond donors (Lipinski definition) is 1. The Kier molecular flexibility index (Phi) is 2.59. The zero-order valence-corrected chi connectivity index (χ0v) is 8.66. The molecule has 0 saturated carbocycles. The molecule has 11 heavy (non-hydrogen) atoms. The number of phenols is 1. The number of nitrogens with zero attached hydrogens (tertiary/aromatic N) is 1. The first kappa shape index (κ1) is 8.64. The van der Waals surface area contributed by atoms with Crippen molar-refractivity contribution >= 4 is 28.3 Å². The molecule has 1 N–H and O–H groups in total. The fourth-order valence-electron chi connectivity index (χ4n) is 0.875. The van der Waals surface area contributed by atoms with Crippen LogP contribution in [-0.2, 0) is 0 Å². The maximum atomic E-state index is 9.42. The molecule has 0 heterocycles. The molecule has 0 aliphatic carbocycles. The van der Waals surface area contributed by atoms with Crippen LogP contribution in [0.3, 0.4) is 0 Å². The van der Waals surface area contributed by atoms with Gasteiger partial charge in [-0.25, -0.2) is 0 Å². The van der Waals surface area contributed by atoms with Gasteiger partial charge in [0.2, 0.25) is 0 Å².